The molecule has 1 aliphatic heterocycles. The van der Waals surface area contributed by atoms with Gasteiger partial charge in [-0.3, -0.25) is 9.36 Å². The number of carbonyl (C=O) groups excluding carboxylic acids is 1. The van der Waals surface area contributed by atoms with Crippen LogP contribution < -0.4 is 4.90 Å². The van der Waals surface area contributed by atoms with Crippen LogP contribution in [0, 0.1) is 0 Å². The Balaban J connectivity index is 1.50. The van der Waals surface area contributed by atoms with Crippen LogP contribution in [0.3, 0.4) is 0 Å². The molecule has 0 spiro atoms. The van der Waals surface area contributed by atoms with Gasteiger partial charge in [-0.05, 0) is 36.1 Å². The Labute approximate surface area is 181 Å². The van der Waals surface area contributed by atoms with Crippen molar-refractivity contribution >= 4 is 23.4 Å². The molecule has 156 valence electrons. The SMILES string of the molecule is CSc1ncc(C(=O)N(C)Cc2ccc(N3CCOCC3)cc2)n1-c1ccccc1. The van der Waals surface area contributed by atoms with Crippen LogP contribution in [-0.4, -0.2) is 60.0 Å². The number of anilines is 1. The fourth-order valence-corrected chi connectivity index (χ4v) is 4.18. The van der Waals surface area contributed by atoms with Gasteiger partial charge < -0.3 is 14.5 Å². The van der Waals surface area contributed by atoms with Crippen LogP contribution in [0.15, 0.2) is 66.0 Å². The first-order chi connectivity index (χ1) is 14.7. The van der Waals surface area contributed by atoms with E-state index in [1.165, 1.54) is 17.4 Å². The van der Waals surface area contributed by atoms with Crippen LogP contribution in [0.25, 0.3) is 5.69 Å². The van der Waals surface area contributed by atoms with Crippen LogP contribution in [0.4, 0.5) is 5.69 Å². The third-order valence-electron chi connectivity index (χ3n) is 5.22. The van der Waals surface area contributed by atoms with Gasteiger partial charge in [0.1, 0.15) is 5.69 Å². The number of carbonyl (C=O) groups is 1. The highest BCUT2D eigenvalue weighted by molar-refractivity contribution is 7.98. The first kappa shape index (κ1) is 20.5. The minimum absolute atomic E-state index is 0.0519. The summed E-state index contributed by atoms with van der Waals surface area (Å²) in [4.78, 5) is 21.7. The Bertz CT molecular complexity index is 982. The topological polar surface area (TPSA) is 50.6 Å². The number of amides is 1. The van der Waals surface area contributed by atoms with Crippen LogP contribution >= 0.6 is 11.8 Å². The lowest BCUT2D eigenvalue weighted by molar-refractivity contribution is 0.0776. The lowest BCUT2D eigenvalue weighted by atomic mass is 10.1. The van der Waals surface area contributed by atoms with Gasteiger partial charge in [-0.1, -0.05) is 42.1 Å². The van der Waals surface area contributed by atoms with Crippen LogP contribution in [-0.2, 0) is 11.3 Å². The number of hydrogen-bond acceptors (Lipinski definition) is 5. The van der Waals surface area contributed by atoms with Gasteiger partial charge in [-0.15, -0.1) is 0 Å². The maximum Gasteiger partial charge on any atom is 0.272 e. The van der Waals surface area contributed by atoms with Crippen molar-refractivity contribution in [1.82, 2.24) is 14.5 Å². The van der Waals surface area contributed by atoms with Gasteiger partial charge in [0, 0.05) is 38.1 Å². The monoisotopic (exact) mass is 422 g/mol. The first-order valence-electron chi connectivity index (χ1n) is 10.0. The summed E-state index contributed by atoms with van der Waals surface area (Å²) in [7, 11) is 1.83. The molecule has 0 aliphatic carbocycles. The molecule has 3 aromatic rings. The maximum absolute atomic E-state index is 13.2. The number of imidazole rings is 1. The van der Waals surface area contributed by atoms with E-state index >= 15 is 0 Å². The third kappa shape index (κ3) is 4.37. The summed E-state index contributed by atoms with van der Waals surface area (Å²) in [5.74, 6) is -0.0519. The second-order valence-electron chi connectivity index (χ2n) is 7.23. The zero-order valence-corrected chi connectivity index (χ0v) is 18.1. The molecular weight excluding hydrogens is 396 g/mol. The Morgan fingerprint density at radius 1 is 1.07 bits per heavy atom. The van der Waals surface area contributed by atoms with E-state index in [1.807, 2.05) is 48.2 Å². The average molecular weight is 423 g/mol. The summed E-state index contributed by atoms with van der Waals surface area (Å²) < 4.78 is 7.34. The molecule has 0 N–H and O–H groups in total. The summed E-state index contributed by atoms with van der Waals surface area (Å²) in [6.07, 6.45) is 3.63. The number of para-hydroxylation sites is 1. The number of rotatable bonds is 6. The Kier molecular flexibility index (Phi) is 6.40. The van der Waals surface area contributed by atoms with Crippen molar-refractivity contribution in [2.75, 3.05) is 44.5 Å². The van der Waals surface area contributed by atoms with E-state index in [2.05, 4.69) is 34.1 Å². The first-order valence-corrected chi connectivity index (χ1v) is 11.2. The maximum atomic E-state index is 13.2. The molecule has 0 unspecified atom stereocenters. The number of benzene rings is 2. The smallest absolute Gasteiger partial charge is 0.272 e. The molecule has 1 fully saturated rings. The highest BCUT2D eigenvalue weighted by Gasteiger charge is 2.21. The van der Waals surface area contributed by atoms with Gasteiger partial charge in [0.2, 0.25) is 0 Å². The van der Waals surface area contributed by atoms with Gasteiger partial charge in [-0.25, -0.2) is 4.98 Å². The van der Waals surface area contributed by atoms with Gasteiger partial charge in [-0.2, -0.15) is 0 Å². The zero-order valence-electron chi connectivity index (χ0n) is 17.3. The van der Waals surface area contributed by atoms with Crippen LogP contribution in [0.2, 0.25) is 0 Å². The summed E-state index contributed by atoms with van der Waals surface area (Å²) in [6, 6.07) is 18.3. The molecule has 1 aliphatic rings. The van der Waals surface area contributed by atoms with E-state index in [1.54, 1.807) is 11.1 Å². The number of thioether (sulfide) groups is 1. The molecular formula is C23H26N4O2S. The highest BCUT2D eigenvalue weighted by atomic mass is 32.2. The number of ether oxygens (including phenoxy) is 1. The molecule has 2 aromatic carbocycles. The number of hydrogen-bond donors (Lipinski definition) is 0. The molecule has 2 heterocycles. The molecule has 0 atom stereocenters. The van der Waals surface area contributed by atoms with E-state index < -0.39 is 0 Å². The van der Waals surface area contributed by atoms with Gasteiger partial charge >= 0.3 is 0 Å². The lowest BCUT2D eigenvalue weighted by Crippen LogP contribution is -2.36. The van der Waals surface area contributed by atoms with Crippen LogP contribution in [0.5, 0.6) is 0 Å². The highest BCUT2D eigenvalue weighted by Crippen LogP contribution is 2.23. The van der Waals surface area contributed by atoms with E-state index in [0.29, 0.717) is 12.2 Å². The molecule has 6 nitrogen and oxygen atoms in total. The van der Waals surface area contributed by atoms with Crippen molar-refractivity contribution in [3.8, 4) is 5.69 Å². The minimum Gasteiger partial charge on any atom is -0.378 e. The summed E-state index contributed by atoms with van der Waals surface area (Å²) in [5.41, 5.74) is 3.80. The lowest BCUT2D eigenvalue weighted by Gasteiger charge is -2.29. The Morgan fingerprint density at radius 2 is 1.77 bits per heavy atom. The molecule has 0 radical (unpaired) electrons. The van der Waals surface area contributed by atoms with E-state index in [0.717, 1.165) is 42.7 Å². The number of aromatic nitrogens is 2. The fourth-order valence-electron chi connectivity index (χ4n) is 3.63. The molecule has 7 heteroatoms. The Hall–Kier alpha value is -2.77. The van der Waals surface area contributed by atoms with Gasteiger partial charge in [0.25, 0.3) is 5.91 Å². The second kappa shape index (κ2) is 9.36. The Morgan fingerprint density at radius 3 is 2.43 bits per heavy atom. The second-order valence-corrected chi connectivity index (χ2v) is 8.00. The van der Waals surface area contributed by atoms with Crippen molar-refractivity contribution in [3.63, 3.8) is 0 Å². The van der Waals surface area contributed by atoms with Crippen LogP contribution in [0.1, 0.15) is 16.1 Å². The third-order valence-corrected chi connectivity index (χ3v) is 5.88. The predicted molar refractivity (Wildman–Crippen MR) is 121 cm³/mol. The largest absolute Gasteiger partial charge is 0.378 e. The number of nitrogens with zero attached hydrogens (tertiary/aromatic N) is 4. The molecule has 1 aromatic heterocycles. The van der Waals surface area contributed by atoms with E-state index in [-0.39, 0.29) is 5.91 Å². The van der Waals surface area contributed by atoms with E-state index in [9.17, 15) is 4.79 Å². The zero-order chi connectivity index (χ0) is 20.9. The molecule has 30 heavy (non-hydrogen) atoms. The standard InChI is InChI=1S/C23H26N4O2S/c1-25(17-18-8-10-19(11-9-18)26-12-14-29-15-13-26)22(28)21-16-24-23(30-2)27(21)20-6-4-3-5-7-20/h3-11,16H,12-15,17H2,1-2H3. The fraction of sp³-hybridized carbons (Fsp3) is 0.304. The van der Waals surface area contributed by atoms with Crippen molar-refractivity contribution in [3.05, 3.63) is 72.1 Å². The molecule has 0 saturated carbocycles. The molecule has 1 saturated heterocycles. The molecule has 4 rings (SSSR count). The van der Waals surface area contributed by atoms with Crippen molar-refractivity contribution < 1.29 is 9.53 Å². The minimum atomic E-state index is -0.0519. The molecule has 0 bridgehead atoms. The van der Waals surface area contributed by atoms with Gasteiger partial charge in [0.15, 0.2) is 5.16 Å². The normalized spacial score (nSPS) is 14.0. The van der Waals surface area contributed by atoms with E-state index in [4.69, 9.17) is 4.74 Å². The van der Waals surface area contributed by atoms with Crippen molar-refractivity contribution in [2.45, 2.75) is 11.7 Å². The summed E-state index contributed by atoms with van der Waals surface area (Å²) >= 11 is 1.53. The molecule has 1 amide bonds. The number of morpholine rings is 1. The summed E-state index contributed by atoms with van der Waals surface area (Å²) in [6.45, 7) is 3.91. The predicted octanol–water partition coefficient (Wildman–Crippen LogP) is 3.70. The van der Waals surface area contributed by atoms with Crippen molar-refractivity contribution in [1.29, 1.82) is 0 Å². The average Bonchev–Trinajstić information content (AvgIpc) is 3.24. The van der Waals surface area contributed by atoms with Crippen molar-refractivity contribution in [2.24, 2.45) is 0 Å². The summed E-state index contributed by atoms with van der Waals surface area (Å²) in [5, 5.41) is 0.799. The quantitative estimate of drug-likeness (QED) is 0.567. The van der Waals surface area contributed by atoms with Gasteiger partial charge in [0.05, 0.1) is 19.4 Å².